The maximum Gasteiger partial charge on any atom is 0.347 e. The fourth-order valence-corrected chi connectivity index (χ4v) is 3.04. The molecule has 0 aliphatic carbocycles. The summed E-state index contributed by atoms with van der Waals surface area (Å²) in [6.07, 6.45) is 0. The molecule has 3 aromatic carbocycles. The normalized spacial score (nSPS) is 12.9. The zero-order chi connectivity index (χ0) is 19.0. The summed E-state index contributed by atoms with van der Waals surface area (Å²) in [5, 5.41) is 0. The molecule has 0 N–H and O–H groups in total. The minimum absolute atomic E-state index is 0.236. The van der Waals surface area contributed by atoms with E-state index < -0.39 is 11.9 Å². The minimum Gasteiger partial charge on any atom is -0.457 e. The third-order valence-corrected chi connectivity index (χ3v) is 4.62. The molecule has 0 saturated carbocycles. The van der Waals surface area contributed by atoms with Crippen LogP contribution in [0.25, 0.3) is 11.1 Å². The fourth-order valence-electron chi connectivity index (χ4n) is 3.04. The van der Waals surface area contributed by atoms with Crippen molar-refractivity contribution in [2.75, 3.05) is 0 Å². The lowest BCUT2D eigenvalue weighted by Crippen LogP contribution is -1.96. The number of benzene rings is 3. The molecule has 0 amide bonds. The van der Waals surface area contributed by atoms with Gasteiger partial charge in [-0.1, -0.05) is 50.2 Å². The average Bonchev–Trinajstić information content (AvgIpc) is 2.96. The summed E-state index contributed by atoms with van der Waals surface area (Å²) in [5.74, 6) is 0.384. The molecule has 0 fully saturated rings. The molecule has 1 aliphatic heterocycles. The van der Waals surface area contributed by atoms with E-state index >= 15 is 0 Å². The highest BCUT2D eigenvalue weighted by Gasteiger charge is 2.29. The Hall–Kier alpha value is -3.40. The van der Waals surface area contributed by atoms with Crippen molar-refractivity contribution in [1.29, 1.82) is 0 Å². The molecule has 0 spiro atoms. The molecule has 0 atom stereocenters. The Morgan fingerprint density at radius 2 is 1.26 bits per heavy atom. The zero-order valence-electron chi connectivity index (χ0n) is 15.1. The number of hydrogen-bond donors (Lipinski definition) is 0. The molecule has 27 heavy (non-hydrogen) atoms. The van der Waals surface area contributed by atoms with Gasteiger partial charge in [0, 0.05) is 0 Å². The van der Waals surface area contributed by atoms with E-state index in [4.69, 9.17) is 4.74 Å². The molecule has 0 unspecified atom stereocenters. The maximum absolute atomic E-state index is 11.6. The summed E-state index contributed by atoms with van der Waals surface area (Å²) < 4.78 is 10.4. The summed E-state index contributed by atoms with van der Waals surface area (Å²) in [4.78, 5) is 23.1. The minimum atomic E-state index is -0.638. The van der Waals surface area contributed by atoms with Gasteiger partial charge in [0.15, 0.2) is 0 Å². The van der Waals surface area contributed by atoms with E-state index in [1.54, 1.807) is 12.1 Å². The van der Waals surface area contributed by atoms with Gasteiger partial charge in [-0.2, -0.15) is 0 Å². The summed E-state index contributed by atoms with van der Waals surface area (Å²) in [6, 6.07) is 21.0. The van der Waals surface area contributed by atoms with Gasteiger partial charge in [-0.3, -0.25) is 0 Å². The van der Waals surface area contributed by atoms with Gasteiger partial charge in [-0.05, 0) is 52.9 Å². The van der Waals surface area contributed by atoms with Gasteiger partial charge in [0.05, 0.1) is 11.1 Å². The van der Waals surface area contributed by atoms with Crippen LogP contribution in [0.3, 0.4) is 0 Å². The predicted octanol–water partition coefficient (Wildman–Crippen LogP) is 5.58. The Morgan fingerprint density at radius 3 is 1.89 bits per heavy atom. The van der Waals surface area contributed by atoms with Crippen LogP contribution in [0.5, 0.6) is 11.5 Å². The molecule has 0 saturated heterocycles. The van der Waals surface area contributed by atoms with Gasteiger partial charge in [0.2, 0.25) is 0 Å². The van der Waals surface area contributed by atoms with Crippen LogP contribution < -0.4 is 4.74 Å². The maximum atomic E-state index is 11.6. The molecule has 0 radical (unpaired) electrons. The van der Waals surface area contributed by atoms with E-state index in [1.165, 1.54) is 11.6 Å². The van der Waals surface area contributed by atoms with Crippen molar-refractivity contribution in [2.24, 2.45) is 0 Å². The number of carbonyl (C=O) groups is 2. The van der Waals surface area contributed by atoms with Crippen LogP contribution in [0.4, 0.5) is 0 Å². The first-order valence-electron chi connectivity index (χ1n) is 8.80. The standard InChI is InChI=1S/C23H18O4/c1-14(2)15-3-5-16(6-4-15)17-7-9-18(10-8-17)26-19-11-12-20-21(13-19)23(25)27-22(20)24/h3-14H,1-2H3. The number of hydrogen-bond acceptors (Lipinski definition) is 4. The third-order valence-electron chi connectivity index (χ3n) is 4.62. The molecule has 134 valence electrons. The van der Waals surface area contributed by atoms with Crippen LogP contribution in [0.2, 0.25) is 0 Å². The first-order chi connectivity index (χ1) is 13.0. The molecule has 0 bridgehead atoms. The van der Waals surface area contributed by atoms with Crippen LogP contribution >= 0.6 is 0 Å². The number of rotatable bonds is 4. The van der Waals surface area contributed by atoms with Crippen molar-refractivity contribution in [2.45, 2.75) is 19.8 Å². The van der Waals surface area contributed by atoms with Gasteiger partial charge in [0.1, 0.15) is 11.5 Å². The summed E-state index contributed by atoms with van der Waals surface area (Å²) >= 11 is 0. The Bertz CT molecular complexity index is 1020. The van der Waals surface area contributed by atoms with E-state index in [1.807, 2.05) is 24.3 Å². The summed E-state index contributed by atoms with van der Waals surface area (Å²) in [7, 11) is 0. The molecule has 1 heterocycles. The van der Waals surface area contributed by atoms with Crippen molar-refractivity contribution in [1.82, 2.24) is 0 Å². The average molecular weight is 358 g/mol. The van der Waals surface area contributed by atoms with E-state index in [0.717, 1.165) is 11.1 Å². The molecule has 4 heteroatoms. The second kappa shape index (κ2) is 6.72. The summed E-state index contributed by atoms with van der Waals surface area (Å²) in [6.45, 7) is 4.35. The molecule has 4 rings (SSSR count). The highest BCUT2D eigenvalue weighted by Crippen LogP contribution is 2.30. The Labute approximate surface area is 157 Å². The quantitative estimate of drug-likeness (QED) is 0.451. The number of carbonyl (C=O) groups excluding carboxylic acids is 2. The van der Waals surface area contributed by atoms with Crippen molar-refractivity contribution in [3.8, 4) is 22.6 Å². The number of cyclic esters (lactones) is 2. The van der Waals surface area contributed by atoms with Crippen LogP contribution in [-0.4, -0.2) is 11.9 Å². The van der Waals surface area contributed by atoms with Gasteiger partial charge in [0.25, 0.3) is 0 Å². The second-order valence-corrected chi connectivity index (χ2v) is 6.79. The summed E-state index contributed by atoms with van der Waals surface area (Å²) in [5.41, 5.74) is 4.06. The van der Waals surface area contributed by atoms with Crippen molar-refractivity contribution in [3.63, 3.8) is 0 Å². The Morgan fingerprint density at radius 1 is 0.704 bits per heavy atom. The Kier molecular flexibility index (Phi) is 4.24. The largest absolute Gasteiger partial charge is 0.457 e. The van der Waals surface area contributed by atoms with Crippen molar-refractivity contribution in [3.05, 3.63) is 83.4 Å². The van der Waals surface area contributed by atoms with E-state index in [9.17, 15) is 9.59 Å². The lowest BCUT2D eigenvalue weighted by atomic mass is 9.99. The Balaban J connectivity index is 1.52. The molecule has 3 aromatic rings. The highest BCUT2D eigenvalue weighted by atomic mass is 16.6. The zero-order valence-corrected chi connectivity index (χ0v) is 15.1. The molecular formula is C23H18O4. The lowest BCUT2D eigenvalue weighted by molar-refractivity contribution is 0.0443. The number of ether oxygens (including phenoxy) is 2. The lowest BCUT2D eigenvalue weighted by Gasteiger charge is -2.09. The number of fused-ring (bicyclic) bond motifs is 1. The first-order valence-corrected chi connectivity index (χ1v) is 8.80. The molecular weight excluding hydrogens is 340 g/mol. The smallest absolute Gasteiger partial charge is 0.347 e. The highest BCUT2D eigenvalue weighted by molar-refractivity contribution is 6.14. The van der Waals surface area contributed by atoms with Crippen LogP contribution in [0.15, 0.2) is 66.7 Å². The SMILES string of the molecule is CC(C)c1ccc(-c2ccc(Oc3ccc4c(c3)C(=O)OC4=O)cc2)cc1. The van der Waals surface area contributed by atoms with E-state index in [2.05, 4.69) is 42.8 Å². The fraction of sp³-hybridized carbons (Fsp3) is 0.130. The predicted molar refractivity (Wildman–Crippen MR) is 102 cm³/mol. The van der Waals surface area contributed by atoms with Crippen LogP contribution in [0, 0.1) is 0 Å². The van der Waals surface area contributed by atoms with Crippen molar-refractivity contribution >= 4 is 11.9 Å². The second-order valence-electron chi connectivity index (χ2n) is 6.79. The topological polar surface area (TPSA) is 52.6 Å². The van der Waals surface area contributed by atoms with Gasteiger partial charge >= 0.3 is 11.9 Å². The molecule has 4 nitrogen and oxygen atoms in total. The number of esters is 2. The van der Waals surface area contributed by atoms with Crippen LogP contribution in [0.1, 0.15) is 46.0 Å². The van der Waals surface area contributed by atoms with Crippen LogP contribution in [-0.2, 0) is 4.74 Å². The monoisotopic (exact) mass is 358 g/mol. The van der Waals surface area contributed by atoms with E-state index in [-0.39, 0.29) is 11.1 Å². The van der Waals surface area contributed by atoms with Gasteiger partial charge in [-0.25, -0.2) is 9.59 Å². The van der Waals surface area contributed by atoms with Gasteiger partial charge < -0.3 is 9.47 Å². The molecule has 0 aromatic heterocycles. The third kappa shape index (κ3) is 3.34. The first kappa shape index (κ1) is 17.0. The van der Waals surface area contributed by atoms with E-state index in [0.29, 0.717) is 17.4 Å². The van der Waals surface area contributed by atoms with Crippen molar-refractivity contribution < 1.29 is 19.1 Å². The van der Waals surface area contributed by atoms with Gasteiger partial charge in [-0.15, -0.1) is 0 Å². The molecule has 1 aliphatic rings.